The lowest BCUT2D eigenvalue weighted by atomic mass is 9.76. The van der Waals surface area contributed by atoms with Gasteiger partial charge in [-0.2, -0.15) is 0 Å². The zero-order chi connectivity index (χ0) is 30.3. The Bertz CT molecular complexity index is 1290. The van der Waals surface area contributed by atoms with Crippen molar-refractivity contribution in [2.75, 3.05) is 31.3 Å². The third-order valence-corrected chi connectivity index (χ3v) is 9.54. The highest BCUT2D eigenvalue weighted by Crippen LogP contribution is 2.44. The maximum absolute atomic E-state index is 12.8. The second-order valence-corrected chi connectivity index (χ2v) is 12.4. The lowest BCUT2D eigenvalue weighted by molar-refractivity contribution is -0.156. The second kappa shape index (κ2) is 14.3. The highest BCUT2D eigenvalue weighted by atomic mass is 32.2. The van der Waals surface area contributed by atoms with Gasteiger partial charge in [0.1, 0.15) is 18.8 Å². The molecule has 1 saturated carbocycles. The molecule has 0 aromatic heterocycles. The number of aliphatic carboxylic acids is 1. The zero-order valence-electron chi connectivity index (χ0n) is 24.3. The van der Waals surface area contributed by atoms with Crippen LogP contribution in [-0.4, -0.2) is 83.5 Å². The van der Waals surface area contributed by atoms with E-state index in [1.807, 2.05) is 48.5 Å². The number of thioether (sulfide) groups is 1. The number of nitrogens with one attached hydrogen (secondary N) is 2. The standard InChI is InChI=1S/C32H39N3O7S/c1-20(36)42-28-14-6-8-21-9-7-15-35(30(21)28)16-29(37)33-19-43-18-27(31(38)39)34-32(40)41-17-26-24-12-4-2-10-22(24)23-11-3-5-13-25(23)26/h2-5,10-13,21,26-28,30H,6-9,14-19H2,1H3,(H,33,37)(H,34,40)(H,38,39)/t21-,27-,28-,30+/m0/s1. The quantitative estimate of drug-likeness (QED) is 0.196. The number of nitrogens with zero attached hydrogens (tertiary/aromatic N) is 1. The number of esters is 1. The molecule has 2 aromatic rings. The number of alkyl carbamates (subject to hydrolysis) is 1. The van der Waals surface area contributed by atoms with Gasteiger partial charge in [0, 0.05) is 18.6 Å². The molecule has 2 amide bonds. The number of piperidine rings is 1. The van der Waals surface area contributed by atoms with Crippen LogP contribution in [0, 0.1) is 5.92 Å². The maximum Gasteiger partial charge on any atom is 0.407 e. The van der Waals surface area contributed by atoms with Crippen LogP contribution in [0.3, 0.4) is 0 Å². The van der Waals surface area contributed by atoms with Crippen LogP contribution in [0.5, 0.6) is 0 Å². The Balaban J connectivity index is 1.06. The molecule has 10 nitrogen and oxygen atoms in total. The van der Waals surface area contributed by atoms with Crippen molar-refractivity contribution in [2.45, 2.75) is 63.1 Å². The summed E-state index contributed by atoms with van der Waals surface area (Å²) in [5.41, 5.74) is 4.36. The van der Waals surface area contributed by atoms with Crippen molar-refractivity contribution in [2.24, 2.45) is 5.92 Å². The van der Waals surface area contributed by atoms with Crippen LogP contribution in [0.15, 0.2) is 48.5 Å². The molecule has 230 valence electrons. The average molecular weight is 610 g/mol. The lowest BCUT2D eigenvalue weighted by Gasteiger charge is -2.47. The number of likely N-dealkylation sites (tertiary alicyclic amines) is 1. The second-order valence-electron chi connectivity index (χ2n) is 11.4. The van der Waals surface area contributed by atoms with Gasteiger partial charge < -0.3 is 25.2 Å². The zero-order valence-corrected chi connectivity index (χ0v) is 25.1. The van der Waals surface area contributed by atoms with Gasteiger partial charge in [0.15, 0.2) is 0 Å². The number of benzene rings is 2. The molecule has 0 bridgehead atoms. The van der Waals surface area contributed by atoms with Gasteiger partial charge in [-0.25, -0.2) is 9.59 Å². The first-order chi connectivity index (χ1) is 20.8. The number of fused-ring (bicyclic) bond motifs is 4. The van der Waals surface area contributed by atoms with Gasteiger partial charge in [0.05, 0.1) is 18.5 Å². The Hall–Kier alpha value is -3.57. The lowest BCUT2D eigenvalue weighted by Crippen LogP contribution is -2.57. The summed E-state index contributed by atoms with van der Waals surface area (Å²) in [7, 11) is 0. The first kappa shape index (κ1) is 30.9. The van der Waals surface area contributed by atoms with E-state index >= 15 is 0 Å². The number of carboxylic acid groups (broad SMARTS) is 1. The molecule has 1 aliphatic heterocycles. The van der Waals surface area contributed by atoms with Gasteiger partial charge in [0.25, 0.3) is 0 Å². The third kappa shape index (κ3) is 7.51. The van der Waals surface area contributed by atoms with Crippen LogP contribution >= 0.6 is 11.8 Å². The van der Waals surface area contributed by atoms with E-state index in [4.69, 9.17) is 9.47 Å². The van der Waals surface area contributed by atoms with Crippen molar-refractivity contribution >= 4 is 35.7 Å². The number of carboxylic acids is 1. The van der Waals surface area contributed by atoms with E-state index in [9.17, 15) is 24.3 Å². The predicted molar refractivity (Wildman–Crippen MR) is 163 cm³/mol. The molecule has 11 heteroatoms. The first-order valence-corrected chi connectivity index (χ1v) is 16.1. The molecule has 3 N–H and O–H groups in total. The molecule has 4 atom stereocenters. The van der Waals surface area contributed by atoms with Crippen molar-refractivity contribution in [1.29, 1.82) is 0 Å². The smallest absolute Gasteiger partial charge is 0.407 e. The fraction of sp³-hybridized carbons (Fsp3) is 0.500. The molecular weight excluding hydrogens is 570 g/mol. The van der Waals surface area contributed by atoms with E-state index in [0.717, 1.165) is 60.9 Å². The number of rotatable bonds is 11. The van der Waals surface area contributed by atoms with Gasteiger partial charge in [-0.3, -0.25) is 14.5 Å². The van der Waals surface area contributed by atoms with Crippen LogP contribution in [0.4, 0.5) is 4.79 Å². The predicted octanol–water partition coefficient (Wildman–Crippen LogP) is 3.98. The van der Waals surface area contributed by atoms with Gasteiger partial charge in [-0.05, 0) is 66.8 Å². The van der Waals surface area contributed by atoms with E-state index in [2.05, 4.69) is 15.5 Å². The summed E-state index contributed by atoms with van der Waals surface area (Å²) in [6.07, 6.45) is 3.98. The highest BCUT2D eigenvalue weighted by molar-refractivity contribution is 7.99. The summed E-state index contributed by atoms with van der Waals surface area (Å²) in [6, 6.07) is 14.9. The van der Waals surface area contributed by atoms with E-state index in [-0.39, 0.29) is 54.7 Å². The van der Waals surface area contributed by atoms with E-state index in [1.54, 1.807) is 0 Å². The average Bonchev–Trinajstić information content (AvgIpc) is 3.31. The van der Waals surface area contributed by atoms with E-state index < -0.39 is 18.1 Å². The maximum atomic E-state index is 12.8. The summed E-state index contributed by atoms with van der Waals surface area (Å²) in [5.74, 6) is -1.10. The number of hydrogen-bond acceptors (Lipinski definition) is 8. The fourth-order valence-electron chi connectivity index (χ4n) is 6.81. The minimum Gasteiger partial charge on any atom is -0.480 e. The van der Waals surface area contributed by atoms with Crippen molar-refractivity contribution < 1.29 is 33.8 Å². The van der Waals surface area contributed by atoms with Crippen molar-refractivity contribution in [1.82, 2.24) is 15.5 Å². The van der Waals surface area contributed by atoms with Crippen LogP contribution in [0.2, 0.25) is 0 Å². The molecule has 5 rings (SSSR count). The van der Waals surface area contributed by atoms with Crippen LogP contribution in [-0.2, 0) is 23.9 Å². The fourth-order valence-corrected chi connectivity index (χ4v) is 7.65. The minimum atomic E-state index is -1.18. The summed E-state index contributed by atoms with van der Waals surface area (Å²) >= 11 is 1.21. The first-order valence-electron chi connectivity index (χ1n) is 14.9. The Labute approximate surface area is 255 Å². The summed E-state index contributed by atoms with van der Waals surface area (Å²) < 4.78 is 11.1. The van der Waals surface area contributed by atoms with E-state index in [0.29, 0.717) is 5.92 Å². The SMILES string of the molecule is CC(=O)O[C@H]1CCC[C@H]2CCCN(CC(=O)NCSC[C@H](NC(=O)OCC3c4ccccc4-c4ccccc43)C(=O)O)[C@H]21. The van der Waals surface area contributed by atoms with E-state index in [1.165, 1.54) is 18.7 Å². The van der Waals surface area contributed by atoms with Crippen molar-refractivity contribution in [3.8, 4) is 11.1 Å². The molecule has 1 heterocycles. The molecular formula is C32H39N3O7S. The van der Waals surface area contributed by atoms with Gasteiger partial charge >= 0.3 is 18.0 Å². The third-order valence-electron chi connectivity index (χ3n) is 8.62. The van der Waals surface area contributed by atoms with Crippen LogP contribution < -0.4 is 10.6 Å². The van der Waals surface area contributed by atoms with Crippen molar-refractivity contribution in [3.05, 3.63) is 59.7 Å². The molecule has 0 spiro atoms. The molecule has 1 saturated heterocycles. The van der Waals surface area contributed by atoms with Gasteiger partial charge in [-0.1, -0.05) is 48.5 Å². The molecule has 2 aromatic carbocycles. The topological polar surface area (TPSA) is 134 Å². The largest absolute Gasteiger partial charge is 0.480 e. The summed E-state index contributed by atoms with van der Waals surface area (Å²) in [6.45, 7) is 2.48. The Morgan fingerprint density at radius 3 is 2.35 bits per heavy atom. The molecule has 43 heavy (non-hydrogen) atoms. The Kier molecular flexibility index (Phi) is 10.2. The monoisotopic (exact) mass is 609 g/mol. The molecule has 2 aliphatic carbocycles. The summed E-state index contributed by atoms with van der Waals surface area (Å²) in [5, 5.41) is 15.0. The number of hydrogen-bond donors (Lipinski definition) is 3. The van der Waals surface area contributed by atoms with Crippen molar-refractivity contribution in [3.63, 3.8) is 0 Å². The molecule has 0 radical (unpaired) electrons. The summed E-state index contributed by atoms with van der Waals surface area (Å²) in [4.78, 5) is 51.0. The van der Waals surface area contributed by atoms with Crippen LogP contribution in [0.1, 0.15) is 56.1 Å². The number of carbonyl (C=O) groups excluding carboxylic acids is 3. The Morgan fingerprint density at radius 1 is 1.00 bits per heavy atom. The minimum absolute atomic E-state index is 0.0441. The molecule has 0 unspecified atom stereocenters. The number of carbonyl (C=O) groups is 4. The normalized spacial score (nSPS) is 21.9. The molecule has 3 aliphatic rings. The van der Waals surface area contributed by atoms with Crippen LogP contribution in [0.25, 0.3) is 11.1 Å². The highest BCUT2D eigenvalue weighted by Gasteiger charge is 2.41. The van der Waals surface area contributed by atoms with Gasteiger partial charge in [-0.15, -0.1) is 11.8 Å². The Morgan fingerprint density at radius 2 is 1.67 bits per heavy atom. The number of amides is 2. The van der Waals surface area contributed by atoms with Gasteiger partial charge in [0.2, 0.25) is 5.91 Å². The molecule has 2 fully saturated rings. The number of ether oxygens (including phenoxy) is 2.